The van der Waals surface area contributed by atoms with E-state index in [1.807, 2.05) is 0 Å². The van der Waals surface area contributed by atoms with Crippen molar-refractivity contribution >= 4 is 21.6 Å². The van der Waals surface area contributed by atoms with Gasteiger partial charge in [-0.3, -0.25) is 4.79 Å². The molecule has 2 heterocycles. The first-order chi connectivity index (χ1) is 17.3. The van der Waals surface area contributed by atoms with Gasteiger partial charge in [0.05, 0.1) is 31.9 Å². The number of rotatable bonds is 7. The molecule has 10 heteroatoms. The molecule has 2 aliphatic heterocycles. The fourth-order valence-electron chi connectivity index (χ4n) is 4.85. The summed E-state index contributed by atoms with van der Waals surface area (Å²) in [6, 6.07) is 10.2. The predicted octanol–water partition coefficient (Wildman–Crippen LogP) is 3.10. The van der Waals surface area contributed by atoms with Crippen LogP contribution in [0.2, 0.25) is 0 Å². The predicted molar refractivity (Wildman–Crippen MR) is 138 cm³/mol. The van der Waals surface area contributed by atoms with Crippen molar-refractivity contribution in [3.05, 3.63) is 42.0 Å². The molecule has 0 spiro atoms. The highest BCUT2D eigenvalue weighted by Gasteiger charge is 2.31. The summed E-state index contributed by atoms with van der Waals surface area (Å²) in [6.07, 6.45) is 1.92. The van der Waals surface area contributed by atoms with Crippen molar-refractivity contribution in [2.45, 2.75) is 24.7 Å². The number of nitrogens with zero attached hydrogens (tertiary/aromatic N) is 3. The summed E-state index contributed by atoms with van der Waals surface area (Å²) in [6.45, 7) is 5.25. The Hall–Kier alpha value is -2.98. The molecule has 36 heavy (non-hydrogen) atoms. The fraction of sp³-hybridized carbons (Fsp3) is 0.500. The van der Waals surface area contributed by atoms with Crippen LogP contribution in [0, 0.1) is 5.92 Å². The summed E-state index contributed by atoms with van der Waals surface area (Å²) in [5, 5.41) is 0. The minimum atomic E-state index is -3.59. The van der Waals surface area contributed by atoms with Crippen LogP contribution in [-0.2, 0) is 10.0 Å². The summed E-state index contributed by atoms with van der Waals surface area (Å²) < 4.78 is 44.5. The van der Waals surface area contributed by atoms with Gasteiger partial charge in [0.25, 0.3) is 5.91 Å². The molecule has 0 N–H and O–H groups in total. The topological polar surface area (TPSA) is 88.6 Å². The highest BCUT2D eigenvalue weighted by atomic mass is 32.2. The number of sulfonamides is 1. The number of benzene rings is 2. The molecule has 0 radical (unpaired) electrons. The van der Waals surface area contributed by atoms with E-state index in [0.717, 1.165) is 18.5 Å². The van der Waals surface area contributed by atoms with Crippen LogP contribution in [0.15, 0.2) is 41.3 Å². The van der Waals surface area contributed by atoms with Gasteiger partial charge < -0.3 is 24.0 Å². The Balaban J connectivity index is 1.51. The molecule has 2 saturated heterocycles. The van der Waals surface area contributed by atoms with Crippen LogP contribution in [0.5, 0.6) is 17.2 Å². The molecule has 2 fully saturated rings. The van der Waals surface area contributed by atoms with E-state index in [9.17, 15) is 13.2 Å². The molecular formula is C26H35N3O6S. The van der Waals surface area contributed by atoms with E-state index in [4.69, 9.17) is 14.2 Å². The summed E-state index contributed by atoms with van der Waals surface area (Å²) in [4.78, 5) is 17.3. The molecule has 2 aromatic rings. The van der Waals surface area contributed by atoms with Crippen molar-refractivity contribution in [3.8, 4) is 17.2 Å². The third kappa shape index (κ3) is 5.39. The Bertz CT molecular complexity index is 1170. The second-order valence-electron chi connectivity index (χ2n) is 9.32. The Kier molecular flexibility index (Phi) is 7.94. The molecule has 2 aromatic carbocycles. The van der Waals surface area contributed by atoms with Crippen molar-refractivity contribution in [1.29, 1.82) is 0 Å². The summed E-state index contributed by atoms with van der Waals surface area (Å²) >= 11 is 0. The molecular weight excluding hydrogens is 482 g/mol. The van der Waals surface area contributed by atoms with Gasteiger partial charge in [-0.05, 0) is 49.1 Å². The third-order valence-electron chi connectivity index (χ3n) is 6.91. The van der Waals surface area contributed by atoms with Gasteiger partial charge in [-0.2, -0.15) is 4.31 Å². The van der Waals surface area contributed by atoms with Crippen LogP contribution in [0.4, 0.5) is 5.69 Å². The van der Waals surface area contributed by atoms with Gasteiger partial charge in [-0.15, -0.1) is 0 Å². The SMILES string of the molecule is COc1cc(OC)cc(C(=O)N2CCN(c3cc(S(=O)(=O)N4CCC[C@H](C)C4)ccc3OC)CC2)c1. The number of amides is 1. The van der Waals surface area contributed by atoms with Crippen molar-refractivity contribution < 1.29 is 27.4 Å². The lowest BCUT2D eigenvalue weighted by Crippen LogP contribution is -2.49. The van der Waals surface area contributed by atoms with E-state index in [1.165, 1.54) is 0 Å². The number of carbonyl (C=O) groups is 1. The molecule has 1 amide bonds. The number of ether oxygens (including phenoxy) is 3. The van der Waals surface area contributed by atoms with Gasteiger partial charge in [0.1, 0.15) is 17.2 Å². The third-order valence-corrected chi connectivity index (χ3v) is 8.77. The zero-order chi connectivity index (χ0) is 25.9. The van der Waals surface area contributed by atoms with Crippen molar-refractivity contribution in [2.24, 2.45) is 5.92 Å². The van der Waals surface area contributed by atoms with Gasteiger partial charge in [-0.25, -0.2) is 8.42 Å². The minimum Gasteiger partial charge on any atom is -0.497 e. The Morgan fingerprint density at radius 2 is 1.56 bits per heavy atom. The largest absolute Gasteiger partial charge is 0.497 e. The maximum absolute atomic E-state index is 13.4. The van der Waals surface area contributed by atoms with Crippen LogP contribution < -0.4 is 19.1 Å². The quantitative estimate of drug-likeness (QED) is 0.558. The van der Waals surface area contributed by atoms with E-state index in [-0.39, 0.29) is 10.8 Å². The molecule has 196 valence electrons. The number of piperazine rings is 1. The van der Waals surface area contributed by atoms with E-state index in [2.05, 4.69) is 11.8 Å². The number of hydrogen-bond acceptors (Lipinski definition) is 7. The van der Waals surface area contributed by atoms with Crippen LogP contribution in [0.3, 0.4) is 0 Å². The fourth-order valence-corrected chi connectivity index (χ4v) is 6.47. The van der Waals surface area contributed by atoms with Crippen LogP contribution in [-0.4, -0.2) is 84.1 Å². The number of carbonyl (C=O) groups excluding carboxylic acids is 1. The summed E-state index contributed by atoms with van der Waals surface area (Å²) in [7, 11) is 1.09. The summed E-state index contributed by atoms with van der Waals surface area (Å²) in [5.74, 6) is 1.97. The molecule has 4 rings (SSSR count). The number of hydrogen-bond donors (Lipinski definition) is 0. The Morgan fingerprint density at radius 1 is 0.889 bits per heavy atom. The van der Waals surface area contributed by atoms with E-state index >= 15 is 0 Å². The average Bonchev–Trinajstić information content (AvgIpc) is 2.92. The van der Waals surface area contributed by atoms with Gasteiger partial charge >= 0.3 is 0 Å². The molecule has 1 atom stereocenters. The molecule has 0 aromatic heterocycles. The van der Waals surface area contributed by atoms with E-state index < -0.39 is 10.0 Å². The van der Waals surface area contributed by atoms with Gasteiger partial charge in [0, 0.05) is 50.9 Å². The monoisotopic (exact) mass is 517 g/mol. The Morgan fingerprint density at radius 3 is 2.14 bits per heavy atom. The lowest BCUT2D eigenvalue weighted by Gasteiger charge is -2.37. The lowest BCUT2D eigenvalue weighted by atomic mass is 10.0. The van der Waals surface area contributed by atoms with Gasteiger partial charge in [-0.1, -0.05) is 6.92 Å². The molecule has 0 unspecified atom stereocenters. The maximum atomic E-state index is 13.4. The molecule has 2 aliphatic rings. The van der Waals surface area contributed by atoms with E-state index in [0.29, 0.717) is 68.0 Å². The van der Waals surface area contributed by atoms with Gasteiger partial charge in [0.15, 0.2) is 0 Å². The maximum Gasteiger partial charge on any atom is 0.254 e. The van der Waals surface area contributed by atoms with Crippen LogP contribution in [0.25, 0.3) is 0 Å². The van der Waals surface area contributed by atoms with Crippen molar-refractivity contribution in [1.82, 2.24) is 9.21 Å². The molecule has 0 bridgehead atoms. The van der Waals surface area contributed by atoms with Crippen molar-refractivity contribution in [3.63, 3.8) is 0 Å². The highest BCUT2D eigenvalue weighted by molar-refractivity contribution is 7.89. The van der Waals surface area contributed by atoms with E-state index in [1.54, 1.807) is 66.9 Å². The zero-order valence-electron chi connectivity index (χ0n) is 21.4. The average molecular weight is 518 g/mol. The first-order valence-corrected chi connectivity index (χ1v) is 13.7. The lowest BCUT2D eigenvalue weighted by molar-refractivity contribution is 0.0746. The standard InChI is InChI=1S/C26H35N3O6S/c1-19-6-5-9-29(18-19)36(31,32)23-7-8-25(35-4)24(17-23)27-10-12-28(13-11-27)26(30)20-14-21(33-2)16-22(15-20)34-3/h7-8,14-17,19H,5-6,9-13,18H2,1-4H3/t19-/m0/s1. The second-order valence-corrected chi connectivity index (χ2v) is 11.3. The minimum absolute atomic E-state index is 0.102. The first kappa shape index (κ1) is 26.1. The number of anilines is 1. The van der Waals surface area contributed by atoms with Gasteiger partial charge in [0.2, 0.25) is 10.0 Å². The highest BCUT2D eigenvalue weighted by Crippen LogP contribution is 2.34. The smallest absolute Gasteiger partial charge is 0.254 e. The number of piperidine rings is 1. The molecule has 0 saturated carbocycles. The molecule has 9 nitrogen and oxygen atoms in total. The second kappa shape index (κ2) is 11.0. The van der Waals surface area contributed by atoms with Crippen LogP contribution in [0.1, 0.15) is 30.1 Å². The molecule has 0 aliphatic carbocycles. The van der Waals surface area contributed by atoms with Crippen LogP contribution >= 0.6 is 0 Å². The zero-order valence-corrected chi connectivity index (χ0v) is 22.2. The number of methoxy groups -OCH3 is 3. The van der Waals surface area contributed by atoms with Crippen molar-refractivity contribution in [2.75, 3.05) is 65.5 Å². The normalized spacial score (nSPS) is 19.2. The first-order valence-electron chi connectivity index (χ1n) is 12.2. The Labute approximate surface area is 213 Å². The summed E-state index contributed by atoms with van der Waals surface area (Å²) in [5.41, 5.74) is 1.22.